The number of anilines is 1. The Bertz CT molecular complexity index is 696. The highest BCUT2D eigenvalue weighted by Gasteiger charge is 2.05. The summed E-state index contributed by atoms with van der Waals surface area (Å²) < 4.78 is 12.7. The molecule has 0 aliphatic rings. The van der Waals surface area contributed by atoms with E-state index in [0.717, 1.165) is 0 Å². The SMILES string of the molecule is O=C(C=Cc1ccc(F)cc1)Nc1cc(C(=O)O)ccn1. The van der Waals surface area contributed by atoms with Gasteiger partial charge in [-0.05, 0) is 35.9 Å². The average Bonchev–Trinajstić information content (AvgIpc) is 2.47. The fraction of sp³-hybridized carbons (Fsp3) is 0. The van der Waals surface area contributed by atoms with Crippen LogP contribution in [0.2, 0.25) is 0 Å². The largest absolute Gasteiger partial charge is 0.478 e. The quantitative estimate of drug-likeness (QED) is 0.847. The number of carboxylic acid groups (broad SMARTS) is 1. The Labute approximate surface area is 119 Å². The second-order valence-corrected chi connectivity index (χ2v) is 4.11. The molecule has 0 radical (unpaired) electrons. The number of carbonyl (C=O) groups excluding carboxylic acids is 1. The summed E-state index contributed by atoms with van der Waals surface area (Å²) in [5.41, 5.74) is 0.696. The van der Waals surface area contributed by atoms with Gasteiger partial charge in [-0.1, -0.05) is 12.1 Å². The van der Waals surface area contributed by atoms with Crippen LogP contribution in [0, 0.1) is 5.82 Å². The zero-order valence-electron chi connectivity index (χ0n) is 10.8. The molecule has 21 heavy (non-hydrogen) atoms. The van der Waals surface area contributed by atoms with Crippen LogP contribution in [-0.4, -0.2) is 22.0 Å². The average molecular weight is 286 g/mol. The number of rotatable bonds is 4. The number of pyridine rings is 1. The zero-order valence-corrected chi connectivity index (χ0v) is 10.8. The third kappa shape index (κ3) is 4.24. The van der Waals surface area contributed by atoms with Gasteiger partial charge in [-0.3, -0.25) is 4.79 Å². The minimum absolute atomic E-state index is 0.0304. The molecule has 0 atom stereocenters. The van der Waals surface area contributed by atoms with Crippen molar-refractivity contribution in [2.45, 2.75) is 0 Å². The minimum Gasteiger partial charge on any atom is -0.478 e. The van der Waals surface area contributed by atoms with Gasteiger partial charge >= 0.3 is 5.97 Å². The Kier molecular flexibility index (Phi) is 4.40. The van der Waals surface area contributed by atoms with E-state index in [-0.39, 0.29) is 17.2 Å². The standard InChI is InChI=1S/C15H11FN2O3/c16-12-4-1-10(2-5-12)3-6-14(19)18-13-9-11(15(20)21)7-8-17-13/h1-9H,(H,20,21)(H,17,18,19). The van der Waals surface area contributed by atoms with Crippen LogP contribution < -0.4 is 5.32 Å². The molecule has 1 heterocycles. The molecule has 1 amide bonds. The highest BCUT2D eigenvalue weighted by Crippen LogP contribution is 2.08. The van der Waals surface area contributed by atoms with Gasteiger partial charge in [0.25, 0.3) is 0 Å². The molecule has 2 rings (SSSR count). The van der Waals surface area contributed by atoms with Crippen LogP contribution in [-0.2, 0) is 4.79 Å². The molecule has 0 saturated carbocycles. The van der Waals surface area contributed by atoms with Crippen LogP contribution in [0.25, 0.3) is 6.08 Å². The van der Waals surface area contributed by atoms with E-state index in [0.29, 0.717) is 5.56 Å². The number of carboxylic acids is 1. The van der Waals surface area contributed by atoms with E-state index in [9.17, 15) is 14.0 Å². The van der Waals surface area contributed by atoms with Crippen LogP contribution in [0.4, 0.5) is 10.2 Å². The highest BCUT2D eigenvalue weighted by molar-refractivity contribution is 6.01. The number of nitrogens with one attached hydrogen (secondary N) is 1. The molecule has 1 aromatic heterocycles. The van der Waals surface area contributed by atoms with Crippen molar-refractivity contribution in [3.8, 4) is 0 Å². The molecule has 0 spiro atoms. The number of nitrogens with zero attached hydrogens (tertiary/aromatic N) is 1. The van der Waals surface area contributed by atoms with Crippen LogP contribution in [0.3, 0.4) is 0 Å². The summed E-state index contributed by atoms with van der Waals surface area (Å²) in [7, 11) is 0. The number of hydrogen-bond donors (Lipinski definition) is 2. The third-order valence-electron chi connectivity index (χ3n) is 2.56. The van der Waals surface area contributed by atoms with E-state index >= 15 is 0 Å². The van der Waals surface area contributed by atoms with E-state index in [1.165, 1.54) is 54.7 Å². The maximum atomic E-state index is 12.7. The van der Waals surface area contributed by atoms with Gasteiger partial charge in [0.2, 0.25) is 5.91 Å². The van der Waals surface area contributed by atoms with Gasteiger partial charge in [-0.2, -0.15) is 0 Å². The Balaban J connectivity index is 2.03. The first-order valence-corrected chi connectivity index (χ1v) is 5.98. The van der Waals surface area contributed by atoms with Crippen molar-refractivity contribution < 1.29 is 19.1 Å². The lowest BCUT2D eigenvalue weighted by atomic mass is 10.2. The maximum Gasteiger partial charge on any atom is 0.335 e. The Morgan fingerprint density at radius 1 is 1.19 bits per heavy atom. The predicted octanol–water partition coefficient (Wildman–Crippen LogP) is 2.57. The Morgan fingerprint density at radius 3 is 2.57 bits per heavy atom. The number of benzene rings is 1. The molecule has 0 aliphatic heterocycles. The highest BCUT2D eigenvalue weighted by atomic mass is 19.1. The zero-order chi connectivity index (χ0) is 15.2. The molecule has 2 aromatic rings. The fourth-order valence-electron chi connectivity index (χ4n) is 1.55. The Hall–Kier alpha value is -3.02. The molecule has 6 heteroatoms. The van der Waals surface area contributed by atoms with Crippen LogP contribution in [0.1, 0.15) is 15.9 Å². The lowest BCUT2D eigenvalue weighted by Crippen LogP contribution is -2.10. The van der Waals surface area contributed by atoms with E-state index in [2.05, 4.69) is 10.3 Å². The molecule has 106 valence electrons. The molecule has 0 bridgehead atoms. The monoisotopic (exact) mass is 286 g/mol. The summed E-state index contributed by atoms with van der Waals surface area (Å²) in [6.45, 7) is 0. The molecule has 0 saturated heterocycles. The number of aromatic carboxylic acids is 1. The van der Waals surface area contributed by atoms with Crippen molar-refractivity contribution in [1.29, 1.82) is 0 Å². The second-order valence-electron chi connectivity index (χ2n) is 4.11. The molecular weight excluding hydrogens is 275 g/mol. The number of halogens is 1. The summed E-state index contributed by atoms with van der Waals surface area (Å²) >= 11 is 0. The van der Waals surface area contributed by atoms with Gasteiger partial charge in [-0.15, -0.1) is 0 Å². The van der Waals surface area contributed by atoms with Gasteiger partial charge in [0.05, 0.1) is 5.56 Å². The smallest absolute Gasteiger partial charge is 0.335 e. The van der Waals surface area contributed by atoms with E-state index in [1.807, 2.05) is 0 Å². The summed E-state index contributed by atoms with van der Waals surface area (Å²) in [5.74, 6) is -1.78. The maximum absolute atomic E-state index is 12.7. The number of carbonyl (C=O) groups is 2. The normalized spacial score (nSPS) is 10.5. The molecule has 0 fully saturated rings. The lowest BCUT2D eigenvalue weighted by Gasteiger charge is -2.02. The predicted molar refractivity (Wildman–Crippen MR) is 75.3 cm³/mol. The summed E-state index contributed by atoms with van der Waals surface area (Å²) in [5, 5.41) is 11.3. The van der Waals surface area contributed by atoms with Crippen LogP contribution in [0.15, 0.2) is 48.7 Å². The van der Waals surface area contributed by atoms with E-state index < -0.39 is 11.9 Å². The van der Waals surface area contributed by atoms with Crippen molar-refractivity contribution >= 4 is 23.8 Å². The topological polar surface area (TPSA) is 79.3 Å². The van der Waals surface area contributed by atoms with Gasteiger partial charge in [0, 0.05) is 12.3 Å². The number of hydrogen-bond acceptors (Lipinski definition) is 3. The van der Waals surface area contributed by atoms with Crippen molar-refractivity contribution in [3.05, 3.63) is 65.6 Å². The van der Waals surface area contributed by atoms with Crippen molar-refractivity contribution in [2.24, 2.45) is 0 Å². The van der Waals surface area contributed by atoms with Gasteiger partial charge in [-0.25, -0.2) is 14.2 Å². The molecule has 5 nitrogen and oxygen atoms in total. The van der Waals surface area contributed by atoms with Crippen molar-refractivity contribution in [2.75, 3.05) is 5.32 Å². The first-order valence-electron chi connectivity index (χ1n) is 5.98. The van der Waals surface area contributed by atoms with Gasteiger partial charge < -0.3 is 10.4 Å². The van der Waals surface area contributed by atoms with E-state index in [1.54, 1.807) is 0 Å². The molecular formula is C15H11FN2O3. The summed E-state index contributed by atoms with van der Waals surface area (Å²) in [6, 6.07) is 8.22. The second kappa shape index (κ2) is 6.42. The molecule has 2 N–H and O–H groups in total. The first kappa shape index (κ1) is 14.4. The lowest BCUT2D eigenvalue weighted by molar-refractivity contribution is -0.111. The minimum atomic E-state index is -1.10. The first-order chi connectivity index (χ1) is 10.0. The number of aromatic nitrogens is 1. The molecule has 0 unspecified atom stereocenters. The summed E-state index contributed by atoms with van der Waals surface area (Å²) in [6.07, 6.45) is 4.06. The van der Waals surface area contributed by atoms with Gasteiger partial charge in [0.1, 0.15) is 11.6 Å². The van der Waals surface area contributed by atoms with Crippen LogP contribution >= 0.6 is 0 Å². The van der Waals surface area contributed by atoms with E-state index in [4.69, 9.17) is 5.11 Å². The molecule has 0 aliphatic carbocycles. The third-order valence-corrected chi connectivity index (χ3v) is 2.56. The van der Waals surface area contributed by atoms with Gasteiger partial charge in [0.15, 0.2) is 0 Å². The van der Waals surface area contributed by atoms with Crippen molar-refractivity contribution in [1.82, 2.24) is 4.98 Å². The van der Waals surface area contributed by atoms with Crippen LogP contribution in [0.5, 0.6) is 0 Å². The van der Waals surface area contributed by atoms with Crippen molar-refractivity contribution in [3.63, 3.8) is 0 Å². The summed E-state index contributed by atoms with van der Waals surface area (Å²) in [4.78, 5) is 26.3. The Morgan fingerprint density at radius 2 is 1.90 bits per heavy atom. The molecule has 1 aromatic carbocycles. The number of amides is 1. The fourth-order valence-corrected chi connectivity index (χ4v) is 1.55.